The summed E-state index contributed by atoms with van der Waals surface area (Å²) < 4.78 is 10.8. The van der Waals surface area contributed by atoms with E-state index in [1.165, 1.54) is 0 Å². The van der Waals surface area contributed by atoms with Gasteiger partial charge in [0, 0.05) is 11.6 Å². The molecule has 0 spiro atoms. The minimum atomic E-state index is 0.221. The van der Waals surface area contributed by atoms with Crippen LogP contribution in [-0.4, -0.2) is 18.1 Å². The van der Waals surface area contributed by atoms with Gasteiger partial charge in [-0.1, -0.05) is 6.92 Å². The highest BCUT2D eigenvalue weighted by Crippen LogP contribution is 2.27. The monoisotopic (exact) mass is 271 g/mol. The number of oxazole rings is 1. The largest absolute Gasteiger partial charge is 0.497 e. The smallest absolute Gasteiger partial charge is 0.232 e. The van der Waals surface area contributed by atoms with E-state index < -0.39 is 0 Å². The minimum absolute atomic E-state index is 0.221. The highest BCUT2D eigenvalue weighted by molar-refractivity contribution is 5.59. The van der Waals surface area contributed by atoms with Crippen LogP contribution in [0.1, 0.15) is 26.0 Å². The normalized spacial score (nSPS) is 11.7. The second-order valence-corrected chi connectivity index (χ2v) is 4.49. The molecule has 1 atom stereocenters. The molecule has 1 aromatic heterocycles. The number of nitrogens with one attached hydrogen (secondary N) is 1. The van der Waals surface area contributed by atoms with Crippen LogP contribution >= 0.6 is 0 Å². The van der Waals surface area contributed by atoms with Crippen LogP contribution < -0.4 is 10.1 Å². The van der Waals surface area contributed by atoms with E-state index in [0.29, 0.717) is 11.8 Å². The van der Waals surface area contributed by atoms with Gasteiger partial charge in [0.25, 0.3) is 0 Å². The summed E-state index contributed by atoms with van der Waals surface area (Å²) in [5.41, 5.74) is 1.08. The first kappa shape index (κ1) is 13.9. The van der Waals surface area contributed by atoms with E-state index in [2.05, 4.69) is 17.2 Å². The molecule has 0 radical (unpaired) electrons. The van der Waals surface area contributed by atoms with Crippen molar-refractivity contribution in [1.29, 1.82) is 5.26 Å². The van der Waals surface area contributed by atoms with Crippen molar-refractivity contribution in [1.82, 2.24) is 4.98 Å². The van der Waals surface area contributed by atoms with Crippen LogP contribution in [0.3, 0.4) is 0 Å². The third kappa shape index (κ3) is 2.91. The average molecular weight is 271 g/mol. The van der Waals surface area contributed by atoms with Crippen molar-refractivity contribution in [3.8, 4) is 23.3 Å². The summed E-state index contributed by atoms with van der Waals surface area (Å²) in [4.78, 5) is 4.21. The lowest BCUT2D eigenvalue weighted by atomic mass is 10.2. The van der Waals surface area contributed by atoms with Crippen LogP contribution in [0.5, 0.6) is 5.75 Å². The minimum Gasteiger partial charge on any atom is -0.497 e. The van der Waals surface area contributed by atoms with E-state index >= 15 is 0 Å². The molecule has 104 valence electrons. The molecule has 0 saturated heterocycles. The molecule has 0 aliphatic heterocycles. The second-order valence-electron chi connectivity index (χ2n) is 4.49. The molecule has 1 heterocycles. The Balaban J connectivity index is 2.30. The highest BCUT2D eigenvalue weighted by atomic mass is 16.5. The van der Waals surface area contributed by atoms with E-state index in [0.717, 1.165) is 17.7 Å². The Morgan fingerprint density at radius 1 is 1.40 bits per heavy atom. The van der Waals surface area contributed by atoms with Gasteiger partial charge in [-0.3, -0.25) is 0 Å². The van der Waals surface area contributed by atoms with E-state index in [4.69, 9.17) is 14.4 Å². The number of methoxy groups -OCH3 is 1. The van der Waals surface area contributed by atoms with Crippen molar-refractivity contribution in [2.75, 3.05) is 12.4 Å². The first-order valence-corrected chi connectivity index (χ1v) is 6.49. The van der Waals surface area contributed by atoms with Crippen molar-refractivity contribution < 1.29 is 9.15 Å². The van der Waals surface area contributed by atoms with Crippen LogP contribution in [0.2, 0.25) is 0 Å². The lowest BCUT2D eigenvalue weighted by molar-refractivity contribution is 0.415. The first-order valence-electron chi connectivity index (χ1n) is 6.49. The maximum absolute atomic E-state index is 9.11. The van der Waals surface area contributed by atoms with Crippen molar-refractivity contribution in [3.63, 3.8) is 0 Å². The fourth-order valence-electron chi connectivity index (χ4n) is 1.68. The summed E-state index contributed by atoms with van der Waals surface area (Å²) in [7, 11) is 1.61. The zero-order valence-corrected chi connectivity index (χ0v) is 11.8. The van der Waals surface area contributed by atoms with Gasteiger partial charge in [-0.05, 0) is 37.6 Å². The van der Waals surface area contributed by atoms with Crippen molar-refractivity contribution >= 4 is 5.88 Å². The topological polar surface area (TPSA) is 71.1 Å². The van der Waals surface area contributed by atoms with Crippen molar-refractivity contribution in [2.45, 2.75) is 26.3 Å². The van der Waals surface area contributed by atoms with Gasteiger partial charge in [-0.2, -0.15) is 10.2 Å². The molecule has 2 aromatic rings. The number of rotatable bonds is 5. The predicted octanol–water partition coefficient (Wildman–Crippen LogP) is 3.43. The number of ether oxygens (including phenoxy) is 1. The maximum atomic E-state index is 9.11. The first-order chi connectivity index (χ1) is 9.67. The molecule has 0 amide bonds. The summed E-state index contributed by atoms with van der Waals surface area (Å²) in [5, 5.41) is 12.3. The van der Waals surface area contributed by atoms with Crippen molar-refractivity contribution in [2.24, 2.45) is 0 Å². The Kier molecular flexibility index (Phi) is 4.26. The second kappa shape index (κ2) is 6.11. The van der Waals surface area contributed by atoms with Gasteiger partial charge < -0.3 is 14.5 Å². The van der Waals surface area contributed by atoms with Crippen LogP contribution in [0, 0.1) is 11.3 Å². The molecule has 1 N–H and O–H groups in total. The molecule has 0 fully saturated rings. The van der Waals surface area contributed by atoms with E-state index in [9.17, 15) is 0 Å². The van der Waals surface area contributed by atoms with Crippen molar-refractivity contribution in [3.05, 3.63) is 30.0 Å². The van der Waals surface area contributed by atoms with Gasteiger partial charge >= 0.3 is 0 Å². The molecule has 5 heteroatoms. The summed E-state index contributed by atoms with van der Waals surface area (Å²) >= 11 is 0. The summed E-state index contributed by atoms with van der Waals surface area (Å²) in [6.07, 6.45) is 0.934. The molecule has 0 bridgehead atoms. The molecular weight excluding hydrogens is 254 g/mol. The van der Waals surface area contributed by atoms with Gasteiger partial charge in [0.1, 0.15) is 11.8 Å². The fourth-order valence-corrected chi connectivity index (χ4v) is 1.68. The van der Waals surface area contributed by atoms with E-state index in [1.807, 2.05) is 37.3 Å². The van der Waals surface area contributed by atoms with Crippen LogP contribution in [0.4, 0.5) is 5.88 Å². The van der Waals surface area contributed by atoms with Crippen LogP contribution in [0.15, 0.2) is 28.7 Å². The van der Waals surface area contributed by atoms with Crippen LogP contribution in [-0.2, 0) is 0 Å². The molecule has 1 aromatic carbocycles. The zero-order chi connectivity index (χ0) is 14.5. The number of hydrogen-bond donors (Lipinski definition) is 1. The fraction of sp³-hybridized carbons (Fsp3) is 0.333. The number of nitrogens with zero attached hydrogens (tertiary/aromatic N) is 2. The van der Waals surface area contributed by atoms with Crippen LogP contribution in [0.25, 0.3) is 11.5 Å². The Labute approximate surface area is 118 Å². The number of hydrogen-bond acceptors (Lipinski definition) is 5. The lowest BCUT2D eigenvalue weighted by Gasteiger charge is -2.09. The number of anilines is 1. The molecule has 0 aliphatic carbocycles. The highest BCUT2D eigenvalue weighted by Gasteiger charge is 2.15. The van der Waals surface area contributed by atoms with Gasteiger partial charge in [-0.25, -0.2) is 0 Å². The molecular formula is C15H17N3O2. The Hall–Kier alpha value is -2.48. The lowest BCUT2D eigenvalue weighted by Crippen LogP contribution is -2.13. The predicted molar refractivity (Wildman–Crippen MR) is 76.6 cm³/mol. The Bertz CT molecular complexity index is 611. The number of aromatic nitrogens is 1. The van der Waals surface area contributed by atoms with Gasteiger partial charge in [0.2, 0.25) is 17.5 Å². The molecule has 0 aliphatic rings. The maximum Gasteiger partial charge on any atom is 0.232 e. The number of nitriles is 1. The third-order valence-corrected chi connectivity index (χ3v) is 3.06. The summed E-state index contributed by atoms with van der Waals surface area (Å²) in [6.45, 7) is 4.08. The molecule has 1 unspecified atom stereocenters. The van der Waals surface area contributed by atoms with Gasteiger partial charge in [-0.15, -0.1) is 0 Å². The Morgan fingerprint density at radius 2 is 2.10 bits per heavy atom. The molecule has 5 nitrogen and oxygen atoms in total. The SMILES string of the molecule is CCC(C)Nc1oc(-c2ccc(OC)cc2)nc1C#N. The quantitative estimate of drug-likeness (QED) is 0.902. The van der Waals surface area contributed by atoms with E-state index in [1.54, 1.807) is 7.11 Å². The van der Waals surface area contributed by atoms with Gasteiger partial charge in [0.15, 0.2) is 0 Å². The third-order valence-electron chi connectivity index (χ3n) is 3.06. The standard InChI is InChI=1S/C15H17N3O2/c1-4-10(2)17-15-13(9-16)18-14(20-15)11-5-7-12(19-3)8-6-11/h5-8,10,17H,4H2,1-3H3. The molecule has 20 heavy (non-hydrogen) atoms. The zero-order valence-electron chi connectivity index (χ0n) is 11.8. The summed E-state index contributed by atoms with van der Waals surface area (Å²) in [5.74, 6) is 1.61. The van der Waals surface area contributed by atoms with E-state index in [-0.39, 0.29) is 11.7 Å². The average Bonchev–Trinajstić information content (AvgIpc) is 2.90. The van der Waals surface area contributed by atoms with Gasteiger partial charge in [0.05, 0.1) is 7.11 Å². The Morgan fingerprint density at radius 3 is 2.65 bits per heavy atom. The number of benzene rings is 1. The summed E-state index contributed by atoms with van der Waals surface area (Å²) in [6, 6.07) is 9.61. The molecule has 2 rings (SSSR count). The molecule has 0 saturated carbocycles.